The molecule has 8 heteroatoms. The predicted octanol–water partition coefficient (Wildman–Crippen LogP) is 4.27. The molecule has 3 rings (SSSR count). The van der Waals surface area contributed by atoms with Crippen molar-refractivity contribution in [3.05, 3.63) is 59.5 Å². The highest BCUT2D eigenvalue weighted by atomic mass is 127. The minimum absolute atomic E-state index is 0. The molecule has 0 aliphatic carbocycles. The second-order valence-corrected chi connectivity index (χ2v) is 8.11. The molecule has 2 heterocycles. The number of amides is 1. The SMILES string of the molecule is CCN(CC)C(=O)c1ccc(CNC(=NC)NCC(c2ccco2)N2CCCCC2)cc1.I. The van der Waals surface area contributed by atoms with Gasteiger partial charge in [-0.2, -0.15) is 0 Å². The number of furan rings is 1. The smallest absolute Gasteiger partial charge is 0.253 e. The monoisotopic (exact) mass is 567 g/mol. The number of guanidine groups is 1. The van der Waals surface area contributed by atoms with Crippen LogP contribution in [0.15, 0.2) is 52.1 Å². The zero-order chi connectivity index (χ0) is 22.8. The van der Waals surface area contributed by atoms with Crippen molar-refractivity contribution in [3.63, 3.8) is 0 Å². The van der Waals surface area contributed by atoms with Gasteiger partial charge in [-0.3, -0.25) is 14.7 Å². The van der Waals surface area contributed by atoms with Gasteiger partial charge in [0.2, 0.25) is 0 Å². The van der Waals surface area contributed by atoms with Gasteiger partial charge in [0.05, 0.1) is 12.3 Å². The Bertz CT molecular complexity index is 844. The Hall–Kier alpha value is -2.07. The van der Waals surface area contributed by atoms with E-state index in [1.165, 1.54) is 19.3 Å². The van der Waals surface area contributed by atoms with Crippen LogP contribution in [0.2, 0.25) is 0 Å². The highest BCUT2D eigenvalue weighted by Crippen LogP contribution is 2.24. The van der Waals surface area contributed by atoms with E-state index in [2.05, 4.69) is 26.6 Å². The number of piperidine rings is 1. The third kappa shape index (κ3) is 7.74. The molecule has 182 valence electrons. The fourth-order valence-corrected chi connectivity index (χ4v) is 4.18. The number of benzene rings is 1. The molecule has 1 aliphatic rings. The molecule has 1 aromatic heterocycles. The lowest BCUT2D eigenvalue weighted by atomic mass is 10.1. The van der Waals surface area contributed by atoms with Crippen LogP contribution in [0.5, 0.6) is 0 Å². The summed E-state index contributed by atoms with van der Waals surface area (Å²) in [5, 5.41) is 6.84. The molecule has 1 aromatic carbocycles. The van der Waals surface area contributed by atoms with Crippen LogP contribution in [0.1, 0.15) is 60.8 Å². The van der Waals surface area contributed by atoms with Crippen molar-refractivity contribution in [2.24, 2.45) is 4.99 Å². The van der Waals surface area contributed by atoms with Gasteiger partial charge in [0.1, 0.15) is 5.76 Å². The van der Waals surface area contributed by atoms with Crippen LogP contribution in [0.3, 0.4) is 0 Å². The maximum Gasteiger partial charge on any atom is 0.253 e. The topological polar surface area (TPSA) is 73.1 Å². The van der Waals surface area contributed by atoms with E-state index in [0.29, 0.717) is 6.54 Å². The first kappa shape index (κ1) is 27.2. The highest BCUT2D eigenvalue weighted by molar-refractivity contribution is 14.0. The van der Waals surface area contributed by atoms with E-state index < -0.39 is 0 Å². The summed E-state index contributed by atoms with van der Waals surface area (Å²) in [5.74, 6) is 1.82. The van der Waals surface area contributed by atoms with E-state index in [4.69, 9.17) is 4.42 Å². The van der Waals surface area contributed by atoms with Crippen molar-refractivity contribution in [2.45, 2.75) is 45.7 Å². The molecule has 0 bridgehead atoms. The molecule has 2 N–H and O–H groups in total. The van der Waals surface area contributed by atoms with Gasteiger partial charge in [-0.25, -0.2) is 0 Å². The van der Waals surface area contributed by atoms with Crippen LogP contribution in [0, 0.1) is 0 Å². The lowest BCUT2D eigenvalue weighted by Crippen LogP contribution is -2.44. The number of likely N-dealkylation sites (tertiary alicyclic amines) is 1. The van der Waals surface area contributed by atoms with E-state index in [0.717, 1.165) is 55.6 Å². The second kappa shape index (κ2) is 14.2. The number of hydrogen-bond donors (Lipinski definition) is 2. The van der Waals surface area contributed by atoms with E-state index in [1.54, 1.807) is 13.3 Å². The van der Waals surface area contributed by atoms with Crippen molar-refractivity contribution in [3.8, 4) is 0 Å². The molecule has 33 heavy (non-hydrogen) atoms. The van der Waals surface area contributed by atoms with Crippen LogP contribution in [-0.4, -0.2) is 61.4 Å². The Labute approximate surface area is 215 Å². The highest BCUT2D eigenvalue weighted by Gasteiger charge is 2.24. The van der Waals surface area contributed by atoms with Gasteiger partial charge in [0.15, 0.2) is 5.96 Å². The second-order valence-electron chi connectivity index (χ2n) is 8.11. The first-order chi connectivity index (χ1) is 15.7. The maximum atomic E-state index is 12.5. The van der Waals surface area contributed by atoms with Crippen molar-refractivity contribution < 1.29 is 9.21 Å². The molecule has 0 spiro atoms. The summed E-state index contributed by atoms with van der Waals surface area (Å²) in [6.07, 6.45) is 5.51. The number of carbonyl (C=O) groups is 1. The molecule has 1 amide bonds. The van der Waals surface area contributed by atoms with Gasteiger partial charge < -0.3 is 20.0 Å². The lowest BCUT2D eigenvalue weighted by molar-refractivity contribution is 0.0773. The molecule has 1 unspecified atom stereocenters. The van der Waals surface area contributed by atoms with Crippen molar-refractivity contribution in [1.29, 1.82) is 0 Å². The Morgan fingerprint density at radius 3 is 2.36 bits per heavy atom. The molecular weight excluding hydrogens is 529 g/mol. The molecule has 0 saturated carbocycles. The molecule has 1 saturated heterocycles. The van der Waals surface area contributed by atoms with Gasteiger partial charge in [-0.1, -0.05) is 18.6 Å². The molecule has 7 nitrogen and oxygen atoms in total. The predicted molar refractivity (Wildman–Crippen MR) is 144 cm³/mol. The van der Waals surface area contributed by atoms with Crippen LogP contribution in [0.4, 0.5) is 0 Å². The number of halogens is 1. The van der Waals surface area contributed by atoms with Gasteiger partial charge in [0, 0.05) is 38.8 Å². The van der Waals surface area contributed by atoms with Gasteiger partial charge >= 0.3 is 0 Å². The van der Waals surface area contributed by atoms with Crippen molar-refractivity contribution in [2.75, 3.05) is 39.8 Å². The fourth-order valence-electron chi connectivity index (χ4n) is 4.18. The molecule has 1 fully saturated rings. The van der Waals surface area contributed by atoms with E-state index in [-0.39, 0.29) is 35.9 Å². The number of rotatable bonds is 9. The third-order valence-electron chi connectivity index (χ3n) is 6.10. The van der Waals surface area contributed by atoms with Crippen molar-refractivity contribution in [1.82, 2.24) is 20.4 Å². The van der Waals surface area contributed by atoms with Crippen LogP contribution >= 0.6 is 24.0 Å². The summed E-state index contributed by atoms with van der Waals surface area (Å²) >= 11 is 0. The summed E-state index contributed by atoms with van der Waals surface area (Å²) in [6.45, 7) is 8.99. The summed E-state index contributed by atoms with van der Waals surface area (Å²) in [5.41, 5.74) is 1.82. The fraction of sp³-hybridized carbons (Fsp3) is 0.520. The zero-order valence-corrected chi connectivity index (χ0v) is 22.4. The maximum absolute atomic E-state index is 12.5. The number of hydrogen-bond acceptors (Lipinski definition) is 4. The average Bonchev–Trinajstić information content (AvgIpc) is 3.37. The summed E-state index contributed by atoms with van der Waals surface area (Å²) < 4.78 is 5.73. The molecule has 2 aromatic rings. The largest absolute Gasteiger partial charge is 0.468 e. The zero-order valence-electron chi connectivity index (χ0n) is 20.0. The Morgan fingerprint density at radius 1 is 1.09 bits per heavy atom. The van der Waals surface area contributed by atoms with Gasteiger partial charge in [-0.05, 0) is 69.6 Å². The summed E-state index contributed by atoms with van der Waals surface area (Å²) in [7, 11) is 1.78. The molecule has 1 aliphatic heterocycles. The van der Waals surface area contributed by atoms with Gasteiger partial charge in [-0.15, -0.1) is 24.0 Å². The van der Waals surface area contributed by atoms with E-state index in [1.807, 2.05) is 49.1 Å². The van der Waals surface area contributed by atoms with Crippen LogP contribution < -0.4 is 10.6 Å². The first-order valence-corrected chi connectivity index (χ1v) is 11.8. The van der Waals surface area contributed by atoms with Crippen LogP contribution in [-0.2, 0) is 6.54 Å². The average molecular weight is 568 g/mol. The third-order valence-corrected chi connectivity index (χ3v) is 6.10. The Balaban J connectivity index is 0.00000385. The van der Waals surface area contributed by atoms with Gasteiger partial charge in [0.25, 0.3) is 5.91 Å². The number of carbonyl (C=O) groups excluding carboxylic acids is 1. The van der Waals surface area contributed by atoms with E-state index >= 15 is 0 Å². The molecule has 0 radical (unpaired) electrons. The quantitative estimate of drug-likeness (QED) is 0.269. The number of nitrogens with zero attached hydrogens (tertiary/aromatic N) is 3. The summed E-state index contributed by atoms with van der Waals surface area (Å²) in [6, 6.07) is 12.0. The summed E-state index contributed by atoms with van der Waals surface area (Å²) in [4.78, 5) is 21.2. The molecule has 1 atom stereocenters. The number of nitrogens with one attached hydrogen (secondary N) is 2. The molecular formula is C25H38IN5O2. The minimum Gasteiger partial charge on any atom is -0.468 e. The normalized spacial score (nSPS) is 15.4. The van der Waals surface area contributed by atoms with E-state index in [9.17, 15) is 4.79 Å². The Kier molecular flexibility index (Phi) is 11.7. The van der Waals surface area contributed by atoms with Crippen molar-refractivity contribution >= 4 is 35.8 Å². The number of aliphatic imine (C=N–C) groups is 1. The Morgan fingerprint density at radius 2 is 1.79 bits per heavy atom. The lowest BCUT2D eigenvalue weighted by Gasteiger charge is -2.33. The first-order valence-electron chi connectivity index (χ1n) is 11.8. The van der Waals surface area contributed by atoms with Crippen LogP contribution in [0.25, 0.3) is 0 Å². The standard InChI is InChI=1S/C25H37N5O2.HI/c1-4-29(5-2)24(31)21-13-11-20(12-14-21)18-27-25(26-3)28-19-22(23-10-9-17-32-23)30-15-7-6-8-16-30;/h9-14,17,22H,4-8,15-16,18-19H2,1-3H3,(H2,26,27,28);1H. The minimum atomic E-state index is 0.